The molecule has 2 aliphatic rings. The van der Waals surface area contributed by atoms with Gasteiger partial charge in [-0.05, 0) is 30.0 Å². The Kier molecular flexibility index (Phi) is 9.88. The highest BCUT2D eigenvalue weighted by Crippen LogP contribution is 2.33. The molecule has 2 aromatic heterocycles. The second-order valence-corrected chi connectivity index (χ2v) is 14.4. The molecule has 1 spiro atoms. The second kappa shape index (κ2) is 13.9. The molecule has 4 aromatic rings. The lowest BCUT2D eigenvalue weighted by Crippen LogP contribution is -2.58. The van der Waals surface area contributed by atoms with E-state index in [1.165, 1.54) is 17.4 Å². The number of nitrogens with one attached hydrogen (secondary N) is 2. The number of hydrogen-bond donors (Lipinski definition) is 4. The molecule has 46 heavy (non-hydrogen) atoms. The Labute approximate surface area is 274 Å². The van der Waals surface area contributed by atoms with Gasteiger partial charge in [0.1, 0.15) is 23.1 Å². The number of thiazole rings is 2. The molecule has 0 radical (unpaired) electrons. The number of hydrogen-bond acceptors (Lipinski definition) is 10. The first-order chi connectivity index (χ1) is 22.1. The summed E-state index contributed by atoms with van der Waals surface area (Å²) in [5.41, 5.74) is 2.56. The number of aliphatic hydroxyl groups excluding tert-OH is 1. The molecule has 0 bridgehead atoms. The predicted molar refractivity (Wildman–Crippen MR) is 178 cm³/mol. The van der Waals surface area contributed by atoms with Gasteiger partial charge < -0.3 is 30.2 Å². The molecule has 2 aromatic carbocycles. The molecule has 0 aliphatic carbocycles. The lowest BCUT2D eigenvalue weighted by Gasteiger charge is -2.47. The number of ether oxygens (including phenoxy) is 1. The summed E-state index contributed by atoms with van der Waals surface area (Å²) in [6, 6.07) is 10.5. The number of alkyl halides is 1. The van der Waals surface area contributed by atoms with E-state index in [0.29, 0.717) is 59.2 Å². The van der Waals surface area contributed by atoms with Gasteiger partial charge in [0, 0.05) is 56.1 Å². The molecule has 2 atom stereocenters. The maximum Gasteiger partial charge on any atom is 0.305 e. The van der Waals surface area contributed by atoms with Crippen molar-refractivity contribution in [3.05, 3.63) is 78.8 Å². The number of rotatable bonds is 10. The number of likely N-dealkylation sites (tertiary alicyclic amines) is 1. The summed E-state index contributed by atoms with van der Waals surface area (Å²) in [7, 11) is 0. The van der Waals surface area contributed by atoms with Crippen LogP contribution in [-0.4, -0.2) is 87.4 Å². The van der Waals surface area contributed by atoms with Gasteiger partial charge in [0.05, 0.1) is 34.6 Å². The first-order valence-corrected chi connectivity index (χ1v) is 17.4. The minimum absolute atomic E-state index is 0.0174. The Morgan fingerprint density at radius 3 is 2.76 bits per heavy atom. The van der Waals surface area contributed by atoms with E-state index in [1.54, 1.807) is 12.1 Å². The average molecular weight is 670 g/mol. The number of nitrogens with zero attached hydrogens (tertiary/aromatic N) is 3. The molecule has 2 aliphatic heterocycles. The Bertz CT molecular complexity index is 1730. The summed E-state index contributed by atoms with van der Waals surface area (Å²) in [6.45, 7) is 8.26. The van der Waals surface area contributed by atoms with Gasteiger partial charge in [-0.1, -0.05) is 55.5 Å². The molecule has 1 amide bonds. The van der Waals surface area contributed by atoms with Gasteiger partial charge in [0.25, 0.3) is 5.91 Å². The van der Waals surface area contributed by atoms with Crippen molar-refractivity contribution < 1.29 is 24.1 Å². The zero-order chi connectivity index (χ0) is 32.4. The van der Waals surface area contributed by atoms with Crippen LogP contribution in [0.15, 0.2) is 46.6 Å². The van der Waals surface area contributed by atoms with Crippen LogP contribution in [0, 0.1) is 0 Å². The fraction of sp³-hybridized carbons (Fsp3) is 0.485. The number of aliphatic hydroxyl groups is 1. The fourth-order valence-corrected chi connectivity index (χ4v) is 8.00. The summed E-state index contributed by atoms with van der Waals surface area (Å²) in [5.74, 6) is 0.217. The van der Waals surface area contributed by atoms with Crippen molar-refractivity contribution in [2.24, 2.45) is 0 Å². The van der Waals surface area contributed by atoms with E-state index in [0.717, 1.165) is 47.8 Å². The number of morpholine rings is 1. The second-order valence-electron chi connectivity index (χ2n) is 12.5. The van der Waals surface area contributed by atoms with Gasteiger partial charge in [0.15, 0.2) is 0 Å². The summed E-state index contributed by atoms with van der Waals surface area (Å²) in [4.78, 5) is 36.1. The van der Waals surface area contributed by atoms with Gasteiger partial charge in [0.2, 0.25) is 0 Å². The van der Waals surface area contributed by atoms with Crippen LogP contribution in [0.3, 0.4) is 0 Å². The van der Waals surface area contributed by atoms with Crippen LogP contribution in [0.5, 0.6) is 5.75 Å². The van der Waals surface area contributed by atoms with Crippen molar-refractivity contribution >= 4 is 38.8 Å². The van der Waals surface area contributed by atoms with Crippen LogP contribution in [0.1, 0.15) is 77.1 Å². The highest BCUT2D eigenvalue weighted by molar-refractivity contribution is 7.16. The molecule has 246 valence electrons. The summed E-state index contributed by atoms with van der Waals surface area (Å²) < 4.78 is 22.0. The molecule has 2 saturated heterocycles. The molecule has 4 N–H and O–H groups in total. The van der Waals surface area contributed by atoms with Crippen LogP contribution in [0.25, 0.3) is 10.2 Å². The normalized spacial score (nSPS) is 18.4. The van der Waals surface area contributed by atoms with Crippen LogP contribution in [-0.2, 0) is 11.3 Å². The topological polar surface area (TPSA) is 131 Å². The van der Waals surface area contributed by atoms with E-state index in [1.807, 2.05) is 28.5 Å². The van der Waals surface area contributed by atoms with E-state index in [9.17, 15) is 19.8 Å². The molecule has 10 nitrogen and oxygen atoms in total. The number of benzene rings is 2. The van der Waals surface area contributed by atoms with Crippen molar-refractivity contribution in [2.75, 3.05) is 45.9 Å². The molecular weight excluding hydrogens is 630 g/mol. The minimum Gasteiger partial charge on any atom is -0.506 e. The van der Waals surface area contributed by atoms with E-state index >= 15 is 4.39 Å². The number of halogens is 1. The molecule has 4 heterocycles. The van der Waals surface area contributed by atoms with Crippen molar-refractivity contribution in [1.29, 1.82) is 0 Å². The van der Waals surface area contributed by atoms with Crippen molar-refractivity contribution in [2.45, 2.75) is 57.0 Å². The van der Waals surface area contributed by atoms with E-state index in [-0.39, 0.29) is 35.2 Å². The molecule has 2 unspecified atom stereocenters. The lowest BCUT2D eigenvalue weighted by molar-refractivity contribution is -0.128. The molecule has 6 rings (SSSR count). The molecule has 0 saturated carbocycles. The highest BCUT2D eigenvalue weighted by atomic mass is 32.1. The van der Waals surface area contributed by atoms with Crippen molar-refractivity contribution in [1.82, 2.24) is 25.1 Å². The van der Waals surface area contributed by atoms with E-state index < -0.39 is 12.3 Å². The predicted octanol–water partition coefficient (Wildman–Crippen LogP) is 4.72. The molecule has 13 heteroatoms. The smallest absolute Gasteiger partial charge is 0.305 e. The van der Waals surface area contributed by atoms with Gasteiger partial charge >= 0.3 is 4.87 Å². The Morgan fingerprint density at radius 1 is 1.20 bits per heavy atom. The number of carbonyl (C=O) groups excluding carboxylic acids is 1. The van der Waals surface area contributed by atoms with Gasteiger partial charge in [-0.2, -0.15) is 0 Å². The SMILES string of the molecule is CC(C)c1nc(C(=O)N2CCOC3(CCN(Cc4cccc(C(F)CNCC(O)c5ccc(O)c6[nH]c(=O)sc56)c4)CC3)C2)cs1. The maximum atomic E-state index is 15.3. The first-order valence-electron chi connectivity index (χ1n) is 15.7. The average Bonchev–Trinajstić information content (AvgIpc) is 3.70. The molecule has 2 fully saturated rings. The quantitative estimate of drug-likeness (QED) is 0.191. The number of fused-ring (bicyclic) bond motifs is 1. The van der Waals surface area contributed by atoms with Crippen LogP contribution < -0.4 is 10.2 Å². The van der Waals surface area contributed by atoms with Gasteiger partial charge in [-0.3, -0.25) is 14.5 Å². The van der Waals surface area contributed by atoms with Crippen molar-refractivity contribution in [3.63, 3.8) is 0 Å². The van der Waals surface area contributed by atoms with Gasteiger partial charge in [-0.25, -0.2) is 9.37 Å². The highest BCUT2D eigenvalue weighted by Gasteiger charge is 2.41. The summed E-state index contributed by atoms with van der Waals surface area (Å²) >= 11 is 2.46. The number of phenols is 1. The summed E-state index contributed by atoms with van der Waals surface area (Å²) in [5, 5.41) is 26.6. The van der Waals surface area contributed by atoms with Crippen LogP contribution >= 0.6 is 22.7 Å². The monoisotopic (exact) mass is 669 g/mol. The molecular formula is C33H40FN5O5S2. The zero-order valence-corrected chi connectivity index (χ0v) is 27.6. The third kappa shape index (κ3) is 7.19. The number of carbonyl (C=O) groups is 1. The van der Waals surface area contributed by atoms with Crippen molar-refractivity contribution in [3.8, 4) is 5.75 Å². The van der Waals surface area contributed by atoms with Gasteiger partial charge in [-0.15, -0.1) is 11.3 Å². The summed E-state index contributed by atoms with van der Waals surface area (Å²) in [6.07, 6.45) is -0.613. The number of aromatic amines is 1. The maximum absolute atomic E-state index is 15.3. The largest absolute Gasteiger partial charge is 0.506 e. The zero-order valence-electron chi connectivity index (χ0n) is 26.0. The Morgan fingerprint density at radius 2 is 2.00 bits per heavy atom. The number of piperidine rings is 1. The number of aromatic nitrogens is 2. The minimum atomic E-state index is -1.27. The van der Waals surface area contributed by atoms with Crippen LogP contribution in [0.4, 0.5) is 4.39 Å². The van der Waals surface area contributed by atoms with Crippen LogP contribution in [0.2, 0.25) is 0 Å². The van der Waals surface area contributed by atoms with E-state index in [4.69, 9.17) is 4.74 Å². The fourth-order valence-electron chi connectivity index (χ4n) is 6.27. The number of H-pyrrole nitrogens is 1. The van der Waals surface area contributed by atoms with E-state index in [2.05, 4.69) is 34.0 Å². The lowest BCUT2D eigenvalue weighted by atomic mass is 9.89. The third-order valence-corrected chi connectivity index (χ3v) is 10.9. The Balaban J connectivity index is 0.990. The number of aromatic hydroxyl groups is 1. The standard InChI is InChI=1S/C33H40FN5O5S2/c1-20(2)30-36-25(18-45-30)31(42)39-12-13-44-33(19-39)8-10-38(11-9-33)17-21-4-3-5-22(14-21)24(34)15-35-16-27(41)23-6-7-26(40)28-29(23)46-32(43)37-28/h3-7,14,18,20,24,27,35,40-41H,8-13,15-17,19H2,1-2H3,(H,37,43). The number of phenolic OH excluding ortho intramolecular Hbond substituents is 1. The number of amides is 1. The Hall–Kier alpha value is -3.20. The third-order valence-electron chi connectivity index (χ3n) is 8.87. The first kappa shape index (κ1) is 32.7.